The van der Waals surface area contributed by atoms with Crippen LogP contribution in [-0.2, 0) is 22.7 Å². The highest BCUT2D eigenvalue weighted by Gasteiger charge is 2.40. The monoisotopic (exact) mass is 680 g/mol. The van der Waals surface area contributed by atoms with Gasteiger partial charge in [-0.25, -0.2) is 13.5 Å². The van der Waals surface area contributed by atoms with Gasteiger partial charge in [-0.05, 0) is 31.0 Å². The molecule has 2 fully saturated rings. The first-order chi connectivity index (χ1) is 22.2. The lowest BCUT2D eigenvalue weighted by atomic mass is 10.0. The number of nitrogens with two attached hydrogens (primary N) is 1. The third kappa shape index (κ3) is 6.34. The fourth-order valence-corrected chi connectivity index (χ4v) is 7.12. The van der Waals surface area contributed by atoms with Crippen molar-refractivity contribution in [2.75, 3.05) is 11.9 Å². The number of hydrogen-bond donors (Lipinski definition) is 2. The highest BCUT2D eigenvalue weighted by Crippen LogP contribution is 2.39. The first-order valence-electron chi connectivity index (χ1n) is 14.6. The van der Waals surface area contributed by atoms with E-state index in [2.05, 4.69) is 20.7 Å². The number of halogens is 3. The number of anilines is 1. The summed E-state index contributed by atoms with van der Waals surface area (Å²) in [7, 11) is 0. The summed E-state index contributed by atoms with van der Waals surface area (Å²) in [6, 6.07) is 11.8. The Morgan fingerprint density at radius 3 is 2.62 bits per heavy atom. The van der Waals surface area contributed by atoms with Crippen LogP contribution >= 0.6 is 22.9 Å². The molecule has 15 heteroatoms. The van der Waals surface area contributed by atoms with Crippen LogP contribution in [0.1, 0.15) is 53.7 Å². The van der Waals surface area contributed by atoms with Gasteiger partial charge in [-0.15, -0.1) is 16.4 Å². The third-order valence-corrected chi connectivity index (χ3v) is 9.60. The Hall–Kier alpha value is -4.69. The van der Waals surface area contributed by atoms with Gasteiger partial charge in [0.05, 0.1) is 34.7 Å². The Balaban J connectivity index is 0.00000386. The van der Waals surface area contributed by atoms with Crippen LogP contribution in [0.5, 0.6) is 0 Å². The average Bonchev–Trinajstić information content (AvgIpc) is 3.30. The van der Waals surface area contributed by atoms with Crippen molar-refractivity contribution in [2.45, 2.75) is 57.9 Å². The van der Waals surface area contributed by atoms with Crippen LogP contribution in [0.3, 0.4) is 0 Å². The molecule has 47 heavy (non-hydrogen) atoms. The second-order valence-corrected chi connectivity index (χ2v) is 13.0. The number of benzene rings is 2. The van der Waals surface area contributed by atoms with Crippen molar-refractivity contribution in [3.63, 3.8) is 0 Å². The number of thiophene rings is 1. The maximum absolute atomic E-state index is 15.5. The largest absolute Gasteiger partial charge is 0.364 e. The summed E-state index contributed by atoms with van der Waals surface area (Å²) in [5, 5.41) is 15.6. The minimum Gasteiger partial charge on any atom is -0.364 e. The molecule has 1 saturated carbocycles. The molecule has 5 aromatic rings. The number of alkyl halides is 1. The summed E-state index contributed by atoms with van der Waals surface area (Å²) >= 11 is 7.56. The lowest BCUT2D eigenvalue weighted by Gasteiger charge is -2.24. The van der Waals surface area contributed by atoms with E-state index in [1.54, 1.807) is 41.1 Å². The summed E-state index contributed by atoms with van der Waals surface area (Å²) in [4.78, 5) is 41.1. The molecule has 244 valence electrons. The van der Waals surface area contributed by atoms with Crippen LogP contribution in [0.2, 0.25) is 5.02 Å². The second kappa shape index (κ2) is 12.8. The SMILES string of the molecule is C.NC(=O)c1nn(CC(=O)N2C[C@H](F)C[C@H]2C(=O)Nc2cccc(-c3ccccc3Cl)c2F)c2cc(Cn3cc(C4CC4)nn3)sc12. The van der Waals surface area contributed by atoms with Crippen LogP contribution in [-0.4, -0.2) is 66.2 Å². The molecule has 1 aliphatic heterocycles. The molecule has 0 bridgehead atoms. The first kappa shape index (κ1) is 32.3. The zero-order valence-corrected chi connectivity index (χ0v) is 25.8. The van der Waals surface area contributed by atoms with Gasteiger partial charge in [0.2, 0.25) is 11.8 Å². The van der Waals surface area contributed by atoms with Crippen LogP contribution in [0, 0.1) is 5.82 Å². The molecule has 0 radical (unpaired) electrons. The highest BCUT2D eigenvalue weighted by atomic mass is 35.5. The number of rotatable bonds is 9. The van der Waals surface area contributed by atoms with Gasteiger partial charge >= 0.3 is 0 Å². The van der Waals surface area contributed by atoms with Gasteiger partial charge in [-0.2, -0.15) is 5.10 Å². The lowest BCUT2D eigenvalue weighted by molar-refractivity contribution is -0.137. The van der Waals surface area contributed by atoms with E-state index in [1.807, 2.05) is 6.20 Å². The smallest absolute Gasteiger partial charge is 0.270 e. The molecule has 2 aromatic carbocycles. The fourth-order valence-electron chi connectivity index (χ4n) is 5.75. The van der Waals surface area contributed by atoms with Crippen molar-refractivity contribution in [3.8, 4) is 11.1 Å². The first-order valence-corrected chi connectivity index (χ1v) is 15.8. The average molecular weight is 681 g/mol. The number of aromatic nitrogens is 5. The van der Waals surface area contributed by atoms with Crippen molar-refractivity contribution < 1.29 is 23.2 Å². The van der Waals surface area contributed by atoms with Crippen LogP contribution in [0.25, 0.3) is 21.3 Å². The van der Waals surface area contributed by atoms with E-state index in [-0.39, 0.29) is 43.9 Å². The highest BCUT2D eigenvalue weighted by molar-refractivity contribution is 7.19. The molecule has 7 rings (SSSR count). The zero-order valence-electron chi connectivity index (χ0n) is 24.2. The molecule has 3 aromatic heterocycles. The predicted molar refractivity (Wildman–Crippen MR) is 174 cm³/mol. The van der Waals surface area contributed by atoms with Gasteiger partial charge in [-0.3, -0.25) is 19.1 Å². The number of likely N-dealkylation sites (tertiary alicyclic amines) is 1. The quantitative estimate of drug-likeness (QED) is 0.214. The molecule has 2 atom stereocenters. The van der Waals surface area contributed by atoms with E-state index in [0.29, 0.717) is 33.3 Å². The predicted octanol–water partition coefficient (Wildman–Crippen LogP) is 5.39. The number of hydrogen-bond acceptors (Lipinski definition) is 7. The number of primary amides is 1. The summed E-state index contributed by atoms with van der Waals surface area (Å²) < 4.78 is 33.8. The topological polar surface area (TPSA) is 141 Å². The van der Waals surface area contributed by atoms with Gasteiger partial charge in [-0.1, -0.05) is 54.6 Å². The van der Waals surface area contributed by atoms with Gasteiger partial charge in [0.15, 0.2) is 11.5 Å². The van der Waals surface area contributed by atoms with E-state index >= 15 is 4.39 Å². The molecule has 3 N–H and O–H groups in total. The Morgan fingerprint density at radius 2 is 1.87 bits per heavy atom. The van der Waals surface area contributed by atoms with Gasteiger partial charge in [0.25, 0.3) is 5.91 Å². The normalized spacial score (nSPS) is 17.6. The van der Waals surface area contributed by atoms with Crippen molar-refractivity contribution in [1.29, 1.82) is 0 Å². The van der Waals surface area contributed by atoms with E-state index in [0.717, 1.165) is 28.3 Å². The summed E-state index contributed by atoms with van der Waals surface area (Å²) in [5.41, 5.74) is 7.55. The maximum atomic E-state index is 15.5. The van der Waals surface area contributed by atoms with E-state index in [9.17, 15) is 18.8 Å². The zero-order chi connectivity index (χ0) is 32.1. The van der Waals surface area contributed by atoms with Gasteiger partial charge in [0, 0.05) is 39.6 Å². The number of carbonyl (C=O) groups is 3. The third-order valence-electron chi connectivity index (χ3n) is 8.16. The Bertz CT molecular complexity index is 2000. The van der Waals surface area contributed by atoms with Gasteiger partial charge in [0.1, 0.15) is 18.8 Å². The van der Waals surface area contributed by atoms with E-state index < -0.39 is 35.8 Å². The van der Waals surface area contributed by atoms with Crippen molar-refractivity contribution in [3.05, 3.63) is 81.8 Å². The number of nitrogens with zero attached hydrogens (tertiary/aromatic N) is 6. The van der Waals surface area contributed by atoms with Gasteiger partial charge < -0.3 is 16.0 Å². The molecule has 1 saturated heterocycles. The molecule has 0 spiro atoms. The number of fused-ring (bicyclic) bond motifs is 1. The minimum atomic E-state index is -1.46. The minimum absolute atomic E-state index is 0. The summed E-state index contributed by atoms with van der Waals surface area (Å²) in [5.74, 6) is -2.34. The maximum Gasteiger partial charge on any atom is 0.270 e. The Morgan fingerprint density at radius 1 is 1.11 bits per heavy atom. The molecule has 3 amide bonds. The standard InChI is InChI=1S/C31H27ClF2N8O3S.CH4/c32-21-6-2-1-4-19(21)20-5-3-7-22(27(20)34)36-31(45)25-10-17(33)12-41(25)26(43)15-42-24-11-18(46-29(24)28(38-42)30(35)44)13-40-14-23(37-39-40)16-8-9-16;/h1-7,11,14,16-17,25H,8-10,12-13,15H2,(H2,35,44)(H,36,45);1H4/t17-,25+;/m1./s1. The molecule has 2 aliphatic rings. The van der Waals surface area contributed by atoms with Crippen molar-refractivity contribution in [1.82, 2.24) is 29.7 Å². The van der Waals surface area contributed by atoms with Crippen LogP contribution in [0.4, 0.5) is 14.5 Å². The fraction of sp³-hybridized carbons (Fsp3) is 0.312. The van der Waals surface area contributed by atoms with Crippen LogP contribution < -0.4 is 11.1 Å². The Kier molecular flexibility index (Phi) is 8.81. The molecular weight excluding hydrogens is 650 g/mol. The van der Waals surface area contributed by atoms with E-state index in [1.165, 1.54) is 28.2 Å². The van der Waals surface area contributed by atoms with Crippen molar-refractivity contribution >= 4 is 56.6 Å². The molecule has 11 nitrogen and oxygen atoms in total. The summed E-state index contributed by atoms with van der Waals surface area (Å²) in [6.45, 7) is -0.296. The second-order valence-electron chi connectivity index (χ2n) is 11.4. The lowest BCUT2D eigenvalue weighted by Crippen LogP contribution is -2.44. The Labute approximate surface area is 277 Å². The molecule has 4 heterocycles. The van der Waals surface area contributed by atoms with Crippen LogP contribution in [0.15, 0.2) is 54.7 Å². The molecular formula is C32H31ClF2N8O3S. The summed E-state index contributed by atoms with van der Waals surface area (Å²) in [6.07, 6.45) is 2.38. The number of amides is 3. The number of nitrogens with one attached hydrogen (secondary N) is 1. The van der Waals surface area contributed by atoms with Crippen molar-refractivity contribution in [2.24, 2.45) is 5.73 Å². The van der Waals surface area contributed by atoms with E-state index in [4.69, 9.17) is 17.3 Å². The molecule has 1 aliphatic carbocycles. The molecule has 0 unspecified atom stereocenters. The number of carbonyl (C=O) groups excluding carboxylic acids is 3.